The normalized spacial score (nSPS) is 28.9. The van der Waals surface area contributed by atoms with E-state index in [0.717, 1.165) is 12.1 Å². The van der Waals surface area contributed by atoms with E-state index in [1.54, 1.807) is 13.8 Å². The van der Waals surface area contributed by atoms with Crippen molar-refractivity contribution in [1.29, 1.82) is 0 Å². The molecule has 2 fully saturated rings. The molecule has 162 valence electrons. The van der Waals surface area contributed by atoms with Crippen molar-refractivity contribution in [2.45, 2.75) is 44.8 Å². The lowest BCUT2D eigenvalue weighted by molar-refractivity contribution is -0.275. The molecule has 7 nitrogen and oxygen atoms in total. The number of hydrogen-bond acceptors (Lipinski definition) is 6. The van der Waals surface area contributed by atoms with Gasteiger partial charge >= 0.3 is 6.36 Å². The second-order valence-electron chi connectivity index (χ2n) is 7.27. The van der Waals surface area contributed by atoms with E-state index < -0.39 is 61.0 Å². The van der Waals surface area contributed by atoms with Crippen molar-refractivity contribution in [2.75, 3.05) is 6.67 Å². The summed E-state index contributed by atoms with van der Waals surface area (Å²) >= 11 is 0. The third-order valence-electron chi connectivity index (χ3n) is 4.92. The third-order valence-corrected chi connectivity index (χ3v) is 4.92. The predicted octanol–water partition coefficient (Wildman–Crippen LogP) is 1.52. The summed E-state index contributed by atoms with van der Waals surface area (Å²) in [6, 6.07) is 1.50. The second kappa shape index (κ2) is 8.01. The zero-order valence-electron chi connectivity index (χ0n) is 15.5. The van der Waals surface area contributed by atoms with E-state index in [4.69, 9.17) is 0 Å². The van der Waals surface area contributed by atoms with Crippen LogP contribution in [0.3, 0.4) is 0 Å². The molecule has 2 heterocycles. The van der Waals surface area contributed by atoms with E-state index in [9.17, 15) is 31.9 Å². The molecule has 1 aromatic carbocycles. The van der Waals surface area contributed by atoms with Crippen LogP contribution in [0.25, 0.3) is 0 Å². The molecule has 0 aromatic heterocycles. The van der Waals surface area contributed by atoms with Crippen LogP contribution in [0, 0.1) is 17.7 Å². The topological polar surface area (TPSA) is 85.9 Å². The summed E-state index contributed by atoms with van der Waals surface area (Å²) in [5, 5.41) is 16.3. The Hall–Kier alpha value is -2.02. The van der Waals surface area contributed by atoms with Gasteiger partial charge in [0.2, 0.25) is 5.91 Å². The number of amides is 1. The Morgan fingerprint density at radius 3 is 2.55 bits per heavy atom. The quantitative estimate of drug-likeness (QED) is 0.537. The molecule has 29 heavy (non-hydrogen) atoms. The molecule has 1 amide bonds. The number of aliphatic hydroxyl groups is 1. The van der Waals surface area contributed by atoms with Crippen LogP contribution in [0.1, 0.15) is 25.5 Å². The molecule has 5 unspecified atom stereocenters. The lowest BCUT2D eigenvalue weighted by atomic mass is 9.92. The molecule has 0 aliphatic carbocycles. The van der Waals surface area contributed by atoms with E-state index in [1.807, 2.05) is 0 Å². The SMILES string of the molecule is CC(C)C(c1ccc(OC(F)(F)F)c(F)c1)N1NC(CF)C2C(=O)NC(O)NC21. The number of rotatable bonds is 5. The number of benzene rings is 1. The van der Waals surface area contributed by atoms with Gasteiger partial charge in [-0.3, -0.25) is 10.1 Å². The maximum atomic E-state index is 14.2. The Labute approximate surface area is 163 Å². The first kappa shape index (κ1) is 21.7. The summed E-state index contributed by atoms with van der Waals surface area (Å²) < 4.78 is 68.6. The molecule has 0 saturated carbocycles. The Morgan fingerprint density at radius 2 is 2.00 bits per heavy atom. The molecular weight excluding hydrogens is 403 g/mol. The Morgan fingerprint density at radius 1 is 1.31 bits per heavy atom. The fourth-order valence-corrected chi connectivity index (χ4v) is 3.85. The van der Waals surface area contributed by atoms with Gasteiger partial charge in [0.25, 0.3) is 0 Å². The van der Waals surface area contributed by atoms with E-state index in [1.165, 1.54) is 11.1 Å². The number of halogens is 5. The molecule has 5 atom stereocenters. The lowest BCUT2D eigenvalue weighted by Crippen LogP contribution is -2.65. The Balaban J connectivity index is 1.93. The van der Waals surface area contributed by atoms with Crippen LogP contribution in [-0.4, -0.2) is 47.6 Å². The average Bonchev–Trinajstić information content (AvgIpc) is 2.94. The van der Waals surface area contributed by atoms with Gasteiger partial charge in [0.15, 0.2) is 17.9 Å². The van der Waals surface area contributed by atoms with Gasteiger partial charge in [0.05, 0.1) is 24.2 Å². The molecule has 2 aliphatic rings. The monoisotopic (exact) mass is 424 g/mol. The molecule has 2 aliphatic heterocycles. The molecule has 4 N–H and O–H groups in total. The van der Waals surface area contributed by atoms with E-state index in [0.29, 0.717) is 5.56 Å². The molecule has 0 spiro atoms. The van der Waals surface area contributed by atoms with Gasteiger partial charge in [0.1, 0.15) is 6.67 Å². The third kappa shape index (κ3) is 4.44. The molecule has 3 rings (SSSR count). The minimum Gasteiger partial charge on any atom is -0.403 e. The highest BCUT2D eigenvalue weighted by Gasteiger charge is 2.52. The van der Waals surface area contributed by atoms with Crippen LogP contribution in [0.2, 0.25) is 0 Å². The highest BCUT2D eigenvalue weighted by atomic mass is 19.4. The highest BCUT2D eigenvalue weighted by molar-refractivity contribution is 5.81. The Kier molecular flexibility index (Phi) is 5.99. The first-order chi connectivity index (χ1) is 13.5. The molecule has 1 aromatic rings. The summed E-state index contributed by atoms with van der Waals surface area (Å²) in [5.74, 6) is -3.83. The average molecular weight is 424 g/mol. The number of ether oxygens (including phenoxy) is 1. The number of nitrogens with one attached hydrogen (secondary N) is 3. The van der Waals surface area contributed by atoms with Gasteiger partial charge in [-0.2, -0.15) is 0 Å². The van der Waals surface area contributed by atoms with Crippen molar-refractivity contribution in [2.24, 2.45) is 11.8 Å². The van der Waals surface area contributed by atoms with Crippen LogP contribution >= 0.6 is 0 Å². The number of nitrogens with zero attached hydrogens (tertiary/aromatic N) is 1. The van der Waals surface area contributed by atoms with Crippen LogP contribution in [0.15, 0.2) is 18.2 Å². The zero-order valence-corrected chi connectivity index (χ0v) is 15.5. The first-order valence-corrected chi connectivity index (χ1v) is 8.92. The second-order valence-corrected chi connectivity index (χ2v) is 7.27. The Bertz CT molecular complexity index is 763. The van der Waals surface area contributed by atoms with Crippen molar-refractivity contribution in [1.82, 2.24) is 21.1 Å². The minimum absolute atomic E-state index is 0.223. The number of carbonyl (C=O) groups excluding carboxylic acids is 1. The molecule has 0 bridgehead atoms. The molecule has 2 saturated heterocycles. The fraction of sp³-hybridized carbons (Fsp3) is 0.588. The smallest absolute Gasteiger partial charge is 0.403 e. The lowest BCUT2D eigenvalue weighted by Gasteiger charge is -2.39. The highest BCUT2D eigenvalue weighted by Crippen LogP contribution is 2.37. The first-order valence-electron chi connectivity index (χ1n) is 8.92. The number of aliphatic hydroxyl groups excluding tert-OH is 1. The van der Waals surface area contributed by atoms with Crippen molar-refractivity contribution >= 4 is 5.91 Å². The standard InChI is InChI=1S/C17H21F5N4O3/c1-7(2)13(8-3-4-11(9(19)5-8)29-17(20,21)22)26-14-12(10(6-18)25-26)15(27)24-16(28)23-14/h3-5,7,10,12-14,16,23,25,28H,6H2,1-2H3,(H,24,27). The summed E-state index contributed by atoms with van der Waals surface area (Å²) in [6.45, 7) is 2.68. The molecule has 12 heteroatoms. The van der Waals surface area contributed by atoms with Crippen molar-refractivity contribution in [3.05, 3.63) is 29.6 Å². The number of carbonyl (C=O) groups is 1. The molecule has 0 radical (unpaired) electrons. The van der Waals surface area contributed by atoms with Gasteiger partial charge in [-0.15, -0.1) is 13.2 Å². The van der Waals surface area contributed by atoms with Gasteiger partial charge < -0.3 is 15.2 Å². The van der Waals surface area contributed by atoms with E-state index in [-0.39, 0.29) is 5.92 Å². The summed E-state index contributed by atoms with van der Waals surface area (Å²) in [5.41, 5.74) is 3.17. The number of fused-ring (bicyclic) bond motifs is 1. The fourth-order valence-electron chi connectivity index (χ4n) is 3.85. The summed E-state index contributed by atoms with van der Waals surface area (Å²) in [6.07, 6.45) is -7.22. The van der Waals surface area contributed by atoms with Crippen molar-refractivity contribution < 1.29 is 36.6 Å². The van der Waals surface area contributed by atoms with E-state index >= 15 is 0 Å². The maximum Gasteiger partial charge on any atom is 0.573 e. The number of hydrazine groups is 1. The predicted molar refractivity (Wildman–Crippen MR) is 90.0 cm³/mol. The summed E-state index contributed by atoms with van der Waals surface area (Å²) in [7, 11) is 0. The summed E-state index contributed by atoms with van der Waals surface area (Å²) in [4.78, 5) is 12.2. The number of hydrogen-bond donors (Lipinski definition) is 4. The van der Waals surface area contributed by atoms with Gasteiger partial charge in [-0.25, -0.2) is 19.2 Å². The minimum atomic E-state index is -5.03. The largest absolute Gasteiger partial charge is 0.573 e. The van der Waals surface area contributed by atoms with Crippen LogP contribution in [0.5, 0.6) is 5.75 Å². The van der Waals surface area contributed by atoms with Gasteiger partial charge in [-0.1, -0.05) is 19.9 Å². The van der Waals surface area contributed by atoms with Crippen LogP contribution in [0.4, 0.5) is 22.0 Å². The zero-order chi connectivity index (χ0) is 21.5. The van der Waals surface area contributed by atoms with E-state index in [2.05, 4.69) is 20.8 Å². The maximum absolute atomic E-state index is 14.2. The van der Waals surface area contributed by atoms with Crippen LogP contribution in [-0.2, 0) is 4.79 Å². The van der Waals surface area contributed by atoms with Gasteiger partial charge in [-0.05, 0) is 23.6 Å². The molecular formula is C17H21F5N4O3. The van der Waals surface area contributed by atoms with Crippen molar-refractivity contribution in [3.63, 3.8) is 0 Å². The van der Waals surface area contributed by atoms with Gasteiger partial charge in [0, 0.05) is 0 Å². The van der Waals surface area contributed by atoms with Crippen molar-refractivity contribution in [3.8, 4) is 5.75 Å². The van der Waals surface area contributed by atoms with Crippen LogP contribution < -0.4 is 20.8 Å². The number of alkyl halides is 4.